The molecule has 0 saturated carbocycles. The lowest BCUT2D eigenvalue weighted by Gasteiger charge is -2.22. The van der Waals surface area contributed by atoms with Crippen molar-refractivity contribution in [3.05, 3.63) is 29.5 Å². The summed E-state index contributed by atoms with van der Waals surface area (Å²) in [5.74, 6) is -0.0959. The minimum Gasteiger partial charge on any atom is -0.366 e. The van der Waals surface area contributed by atoms with Crippen LogP contribution in [0.3, 0.4) is 0 Å². The molecule has 1 aromatic carbocycles. The maximum Gasteiger partial charge on any atom is 0.254 e. The third kappa shape index (κ3) is 2.42. The summed E-state index contributed by atoms with van der Waals surface area (Å²) in [4.78, 5) is 15.4. The highest BCUT2D eigenvalue weighted by molar-refractivity contribution is 5.97. The van der Waals surface area contributed by atoms with Crippen molar-refractivity contribution in [2.45, 2.75) is 20.0 Å². The predicted molar refractivity (Wildman–Crippen MR) is 79.0 cm³/mol. The van der Waals surface area contributed by atoms with Gasteiger partial charge in [-0.15, -0.1) is 0 Å². The number of carbonyl (C=O) groups is 1. The molecule has 0 spiro atoms. The zero-order valence-corrected chi connectivity index (χ0v) is 11.7. The molecule has 1 saturated heterocycles. The maximum absolute atomic E-state index is 12.1. The van der Waals surface area contributed by atoms with Crippen LogP contribution in [0, 0.1) is 13.8 Å². The molecule has 0 radical (unpaired) electrons. The zero-order chi connectivity index (χ0) is 14.1. The third-order valence-electron chi connectivity index (χ3n) is 3.80. The van der Waals surface area contributed by atoms with Crippen LogP contribution in [0.2, 0.25) is 0 Å². The summed E-state index contributed by atoms with van der Waals surface area (Å²) in [5, 5.41) is 7.22. The lowest BCUT2D eigenvalue weighted by molar-refractivity contribution is -0.128. The smallest absolute Gasteiger partial charge is 0.254 e. The van der Waals surface area contributed by atoms with Crippen LogP contribution in [0.5, 0.6) is 0 Å². The molecule has 106 valence electrons. The molecular formula is C15H19N3O2. The van der Waals surface area contributed by atoms with Crippen molar-refractivity contribution in [3.63, 3.8) is 0 Å². The molecule has 3 N–H and O–H groups in total. The van der Waals surface area contributed by atoms with Gasteiger partial charge in [-0.2, -0.15) is 0 Å². The number of aromatic amines is 1. The van der Waals surface area contributed by atoms with Crippen LogP contribution in [-0.2, 0) is 9.53 Å². The largest absolute Gasteiger partial charge is 0.366 e. The second-order valence-electron chi connectivity index (χ2n) is 5.19. The lowest BCUT2D eigenvalue weighted by atomic mass is 10.1. The number of morpholine rings is 1. The first-order valence-corrected chi connectivity index (χ1v) is 6.87. The van der Waals surface area contributed by atoms with Gasteiger partial charge in [0.25, 0.3) is 5.91 Å². The third-order valence-corrected chi connectivity index (χ3v) is 3.80. The molecule has 2 heterocycles. The highest BCUT2D eigenvalue weighted by Gasteiger charge is 2.21. The van der Waals surface area contributed by atoms with E-state index >= 15 is 0 Å². The standard InChI is InChI=1S/C15H19N3O2/c1-9-10(2)17-13-4-3-11(7-12(9)13)18-15(19)14-8-16-5-6-20-14/h3-4,7,14,16-17H,5-6,8H2,1-2H3,(H,18,19)/t14-/m0/s1. The maximum atomic E-state index is 12.1. The first-order valence-electron chi connectivity index (χ1n) is 6.87. The molecule has 0 bridgehead atoms. The van der Waals surface area contributed by atoms with Gasteiger partial charge >= 0.3 is 0 Å². The van der Waals surface area contributed by atoms with Crippen LogP contribution < -0.4 is 10.6 Å². The average Bonchev–Trinajstić information content (AvgIpc) is 2.75. The van der Waals surface area contributed by atoms with Gasteiger partial charge in [-0.3, -0.25) is 4.79 Å². The van der Waals surface area contributed by atoms with E-state index in [9.17, 15) is 4.79 Å². The van der Waals surface area contributed by atoms with Crippen molar-refractivity contribution in [2.24, 2.45) is 0 Å². The van der Waals surface area contributed by atoms with Crippen LogP contribution >= 0.6 is 0 Å². The predicted octanol–water partition coefficient (Wildman–Crippen LogP) is 1.71. The summed E-state index contributed by atoms with van der Waals surface area (Å²) in [5.41, 5.74) is 4.27. The second-order valence-corrected chi connectivity index (χ2v) is 5.19. The van der Waals surface area contributed by atoms with Crippen molar-refractivity contribution >= 4 is 22.5 Å². The van der Waals surface area contributed by atoms with Crippen molar-refractivity contribution in [1.29, 1.82) is 0 Å². The number of amides is 1. The molecule has 1 fully saturated rings. The van der Waals surface area contributed by atoms with Crippen molar-refractivity contribution in [3.8, 4) is 0 Å². The monoisotopic (exact) mass is 273 g/mol. The SMILES string of the molecule is Cc1[nH]c2ccc(NC(=O)[C@@H]3CNCCO3)cc2c1C. The molecule has 2 aromatic rings. The van der Waals surface area contributed by atoms with E-state index in [1.54, 1.807) is 0 Å². The van der Waals surface area contributed by atoms with Gasteiger partial charge in [0.15, 0.2) is 0 Å². The Morgan fingerprint density at radius 2 is 2.25 bits per heavy atom. The van der Waals surface area contributed by atoms with Gasteiger partial charge in [0.05, 0.1) is 6.61 Å². The molecule has 5 nitrogen and oxygen atoms in total. The molecule has 0 aliphatic carbocycles. The number of hydrogen-bond acceptors (Lipinski definition) is 3. The first-order chi connectivity index (χ1) is 9.65. The van der Waals surface area contributed by atoms with Gasteiger partial charge in [-0.1, -0.05) is 0 Å². The van der Waals surface area contributed by atoms with Crippen molar-refractivity contribution < 1.29 is 9.53 Å². The average molecular weight is 273 g/mol. The number of ether oxygens (including phenoxy) is 1. The summed E-state index contributed by atoms with van der Waals surface area (Å²) in [6.45, 7) is 6.07. The molecular weight excluding hydrogens is 254 g/mol. The Morgan fingerprint density at radius 3 is 3.00 bits per heavy atom. The van der Waals surface area contributed by atoms with Crippen LogP contribution in [0.1, 0.15) is 11.3 Å². The van der Waals surface area contributed by atoms with E-state index in [1.807, 2.05) is 18.2 Å². The number of fused-ring (bicyclic) bond motifs is 1. The Kier molecular flexibility index (Phi) is 3.46. The zero-order valence-electron chi connectivity index (χ0n) is 11.7. The van der Waals surface area contributed by atoms with E-state index in [0.717, 1.165) is 28.8 Å². The van der Waals surface area contributed by atoms with E-state index in [-0.39, 0.29) is 5.91 Å². The molecule has 3 rings (SSSR count). The molecule has 1 aromatic heterocycles. The Morgan fingerprint density at radius 1 is 1.40 bits per heavy atom. The Hall–Kier alpha value is -1.85. The normalized spacial score (nSPS) is 19.2. The highest BCUT2D eigenvalue weighted by atomic mass is 16.5. The molecule has 5 heteroatoms. The summed E-state index contributed by atoms with van der Waals surface area (Å²) >= 11 is 0. The minimum atomic E-state index is -0.409. The van der Waals surface area contributed by atoms with Gasteiger partial charge in [0.2, 0.25) is 0 Å². The molecule has 1 amide bonds. The summed E-state index contributed by atoms with van der Waals surface area (Å²) in [6.07, 6.45) is -0.409. The van der Waals surface area contributed by atoms with Crippen molar-refractivity contribution in [2.75, 3.05) is 25.0 Å². The Labute approximate surface area is 117 Å². The molecule has 0 unspecified atom stereocenters. The van der Waals surface area contributed by atoms with Crippen molar-refractivity contribution in [1.82, 2.24) is 10.3 Å². The Balaban J connectivity index is 1.80. The lowest BCUT2D eigenvalue weighted by Crippen LogP contribution is -2.45. The van der Waals surface area contributed by atoms with Crippen LogP contribution in [0.25, 0.3) is 10.9 Å². The van der Waals surface area contributed by atoms with E-state index in [2.05, 4.69) is 29.5 Å². The highest BCUT2D eigenvalue weighted by Crippen LogP contribution is 2.24. The molecule has 20 heavy (non-hydrogen) atoms. The fourth-order valence-corrected chi connectivity index (χ4v) is 2.50. The number of rotatable bonds is 2. The number of hydrogen-bond donors (Lipinski definition) is 3. The van der Waals surface area contributed by atoms with Crippen LogP contribution in [0.15, 0.2) is 18.2 Å². The van der Waals surface area contributed by atoms with E-state index in [1.165, 1.54) is 5.56 Å². The van der Waals surface area contributed by atoms with Gasteiger partial charge in [0.1, 0.15) is 6.10 Å². The number of nitrogens with one attached hydrogen (secondary N) is 3. The number of aromatic nitrogens is 1. The quantitative estimate of drug-likeness (QED) is 0.780. The summed E-state index contributed by atoms with van der Waals surface area (Å²) < 4.78 is 5.45. The fraction of sp³-hybridized carbons (Fsp3) is 0.400. The molecule has 1 aliphatic heterocycles. The fourth-order valence-electron chi connectivity index (χ4n) is 2.50. The minimum absolute atomic E-state index is 0.0959. The van der Waals surface area contributed by atoms with Gasteiger partial charge < -0.3 is 20.4 Å². The van der Waals surface area contributed by atoms with Crippen LogP contribution in [-0.4, -0.2) is 36.7 Å². The van der Waals surface area contributed by atoms with E-state index < -0.39 is 6.10 Å². The van der Waals surface area contributed by atoms with Crippen LogP contribution in [0.4, 0.5) is 5.69 Å². The van der Waals surface area contributed by atoms with E-state index in [0.29, 0.717) is 13.2 Å². The number of aryl methyl sites for hydroxylation is 2. The number of H-pyrrole nitrogens is 1. The summed E-state index contributed by atoms with van der Waals surface area (Å²) in [7, 11) is 0. The van der Waals surface area contributed by atoms with Gasteiger partial charge in [-0.25, -0.2) is 0 Å². The number of benzene rings is 1. The topological polar surface area (TPSA) is 66.2 Å². The van der Waals surface area contributed by atoms with Gasteiger partial charge in [0, 0.05) is 35.4 Å². The second kappa shape index (κ2) is 5.26. The first kappa shape index (κ1) is 13.1. The van der Waals surface area contributed by atoms with Gasteiger partial charge in [-0.05, 0) is 37.6 Å². The molecule has 1 aliphatic rings. The van der Waals surface area contributed by atoms with E-state index in [4.69, 9.17) is 4.74 Å². The summed E-state index contributed by atoms with van der Waals surface area (Å²) in [6, 6.07) is 5.90. The molecule has 1 atom stereocenters. The number of anilines is 1. The Bertz CT molecular complexity index is 642. The number of carbonyl (C=O) groups excluding carboxylic acids is 1.